The van der Waals surface area contributed by atoms with Crippen LogP contribution in [0.25, 0.3) is 11.3 Å². The van der Waals surface area contributed by atoms with Crippen molar-refractivity contribution in [3.63, 3.8) is 0 Å². The van der Waals surface area contributed by atoms with Gasteiger partial charge >= 0.3 is 6.03 Å². The van der Waals surface area contributed by atoms with Crippen molar-refractivity contribution < 1.29 is 9.18 Å². The first-order valence-electron chi connectivity index (χ1n) is 10.5. The summed E-state index contributed by atoms with van der Waals surface area (Å²) in [7, 11) is 0. The molecule has 4 aromatic rings. The second-order valence-electron chi connectivity index (χ2n) is 7.71. The van der Waals surface area contributed by atoms with Gasteiger partial charge in [-0.2, -0.15) is 0 Å². The van der Waals surface area contributed by atoms with E-state index >= 15 is 0 Å². The molecule has 0 aliphatic carbocycles. The number of benzene rings is 3. The molecule has 174 valence electrons. The molecule has 0 unspecified atom stereocenters. The van der Waals surface area contributed by atoms with E-state index in [4.69, 9.17) is 17.3 Å². The molecule has 0 saturated heterocycles. The number of hydrogen-bond donors (Lipinski definition) is 4. The predicted octanol–water partition coefficient (Wildman–Crippen LogP) is 5.84. The number of nitrogen functional groups attached to an aromatic ring is 1. The van der Waals surface area contributed by atoms with Gasteiger partial charge in [0.15, 0.2) is 0 Å². The highest BCUT2D eigenvalue weighted by Gasteiger charge is 2.21. The van der Waals surface area contributed by atoms with Crippen LogP contribution in [0, 0.1) is 9.39 Å². The van der Waals surface area contributed by atoms with E-state index in [0.29, 0.717) is 34.3 Å². The predicted molar refractivity (Wildman–Crippen MR) is 141 cm³/mol. The molecule has 0 radical (unpaired) electrons. The molecule has 0 aliphatic rings. The number of imidazole rings is 1. The summed E-state index contributed by atoms with van der Waals surface area (Å²) >= 11 is 8.56. The molecular weight excluding hydrogens is 568 g/mol. The van der Waals surface area contributed by atoms with Crippen LogP contribution in [0.1, 0.15) is 23.0 Å². The van der Waals surface area contributed by atoms with Gasteiger partial charge in [-0.3, -0.25) is 0 Å². The summed E-state index contributed by atoms with van der Waals surface area (Å²) in [5.41, 5.74) is 9.22. The number of H-pyrrole nitrogens is 1. The molecule has 2 amide bonds. The summed E-state index contributed by atoms with van der Waals surface area (Å²) in [4.78, 5) is 20.5. The second kappa shape index (κ2) is 10.9. The second-order valence-corrected chi connectivity index (χ2v) is 9.34. The maximum Gasteiger partial charge on any atom is 0.315 e. The number of anilines is 1. The number of carbonyl (C=O) groups is 1. The van der Waals surface area contributed by atoms with Gasteiger partial charge in [0.2, 0.25) is 0 Å². The highest BCUT2D eigenvalue weighted by atomic mass is 127. The van der Waals surface area contributed by atoms with Gasteiger partial charge < -0.3 is 21.4 Å². The fourth-order valence-electron chi connectivity index (χ4n) is 3.50. The highest BCUT2D eigenvalue weighted by Crippen LogP contribution is 2.29. The number of rotatable bonds is 7. The third kappa shape index (κ3) is 6.06. The van der Waals surface area contributed by atoms with Crippen LogP contribution in [0.15, 0.2) is 72.8 Å². The molecule has 1 heterocycles. The van der Waals surface area contributed by atoms with E-state index in [1.807, 2.05) is 42.5 Å². The molecule has 0 spiro atoms. The van der Waals surface area contributed by atoms with E-state index in [9.17, 15) is 9.18 Å². The lowest BCUT2D eigenvalue weighted by atomic mass is 10.1. The maximum absolute atomic E-state index is 14.1. The Morgan fingerprint density at radius 2 is 1.85 bits per heavy atom. The third-order valence-electron chi connectivity index (χ3n) is 5.23. The average molecular weight is 590 g/mol. The summed E-state index contributed by atoms with van der Waals surface area (Å²) in [5.74, 6) is 0.142. The monoisotopic (exact) mass is 589 g/mol. The molecule has 0 saturated carbocycles. The first-order chi connectivity index (χ1) is 16.4. The molecule has 0 bridgehead atoms. The highest BCUT2D eigenvalue weighted by molar-refractivity contribution is 14.1. The van der Waals surface area contributed by atoms with Crippen LogP contribution in [0.2, 0.25) is 5.15 Å². The molecule has 1 aromatic heterocycles. The zero-order valence-corrected chi connectivity index (χ0v) is 20.9. The van der Waals surface area contributed by atoms with Crippen molar-refractivity contribution in [2.75, 3.05) is 5.73 Å². The largest absolute Gasteiger partial charge is 0.399 e. The zero-order valence-electron chi connectivity index (χ0n) is 18.0. The number of carbonyl (C=O) groups excluding carboxylic acids is 1. The van der Waals surface area contributed by atoms with Crippen LogP contribution in [0.3, 0.4) is 0 Å². The third-order valence-corrected chi connectivity index (χ3v) is 6.17. The Labute approximate surface area is 215 Å². The van der Waals surface area contributed by atoms with Gasteiger partial charge in [0.05, 0.1) is 6.04 Å². The molecule has 3 aromatic carbocycles. The summed E-state index contributed by atoms with van der Waals surface area (Å²) in [6.45, 7) is 0.0577. The van der Waals surface area contributed by atoms with Crippen LogP contribution in [-0.2, 0) is 13.0 Å². The van der Waals surface area contributed by atoms with E-state index in [-0.39, 0.29) is 12.4 Å². The van der Waals surface area contributed by atoms with Gasteiger partial charge in [-0.25, -0.2) is 14.2 Å². The SMILES string of the molecule is Nc1ccc(-c2nc([C@H](Cc3ccccc3)NC(=O)NCc3cc(I)ccc3F)[nH]c2Cl)cc1. The van der Waals surface area contributed by atoms with Crippen molar-refractivity contribution in [2.45, 2.75) is 19.0 Å². The minimum Gasteiger partial charge on any atom is -0.399 e. The van der Waals surface area contributed by atoms with Gasteiger partial charge in [-0.1, -0.05) is 54.1 Å². The number of aromatic amines is 1. The Hall–Kier alpha value is -3.11. The number of amides is 2. The smallest absolute Gasteiger partial charge is 0.315 e. The summed E-state index contributed by atoms with van der Waals surface area (Å²) < 4.78 is 14.9. The van der Waals surface area contributed by atoms with Crippen LogP contribution in [0.4, 0.5) is 14.9 Å². The number of nitrogens with two attached hydrogens (primary N) is 1. The normalized spacial score (nSPS) is 11.7. The Bertz CT molecular complexity index is 1280. The lowest BCUT2D eigenvalue weighted by Gasteiger charge is -2.18. The van der Waals surface area contributed by atoms with Gasteiger partial charge in [0.1, 0.15) is 22.5 Å². The Kier molecular flexibility index (Phi) is 7.69. The van der Waals surface area contributed by atoms with Gasteiger partial charge in [0.25, 0.3) is 0 Å². The number of nitrogens with zero attached hydrogens (tertiary/aromatic N) is 1. The van der Waals surface area contributed by atoms with Crippen molar-refractivity contribution in [1.82, 2.24) is 20.6 Å². The zero-order chi connectivity index (χ0) is 24.1. The van der Waals surface area contributed by atoms with E-state index in [2.05, 4.69) is 43.2 Å². The quantitative estimate of drug-likeness (QED) is 0.161. The van der Waals surface area contributed by atoms with Crippen LogP contribution < -0.4 is 16.4 Å². The average Bonchev–Trinajstić information content (AvgIpc) is 3.22. The van der Waals surface area contributed by atoms with Gasteiger partial charge in [-0.15, -0.1) is 0 Å². The van der Waals surface area contributed by atoms with Gasteiger partial charge in [0, 0.05) is 26.9 Å². The Morgan fingerprint density at radius 1 is 1.12 bits per heavy atom. The number of halogens is 3. The maximum atomic E-state index is 14.1. The van der Waals surface area contributed by atoms with Crippen molar-refractivity contribution in [3.05, 3.63) is 104 Å². The standard InChI is InChI=1S/C25H22ClFIN5O/c26-23-22(16-6-9-19(29)10-7-16)32-24(33-23)21(12-15-4-2-1-3-5-15)31-25(34)30-14-17-13-18(28)8-11-20(17)27/h1-11,13,21H,12,14,29H2,(H,32,33)(H2,30,31,34)/t21-/m0/s1. The molecule has 5 N–H and O–H groups in total. The van der Waals surface area contributed by atoms with E-state index in [1.54, 1.807) is 24.3 Å². The Balaban J connectivity index is 1.55. The summed E-state index contributed by atoms with van der Waals surface area (Å²) in [5, 5.41) is 6.03. The number of urea groups is 1. The van der Waals surface area contributed by atoms with Crippen molar-refractivity contribution in [3.8, 4) is 11.3 Å². The van der Waals surface area contributed by atoms with E-state index in [1.165, 1.54) is 6.07 Å². The number of aromatic nitrogens is 2. The first-order valence-corrected chi connectivity index (χ1v) is 12.0. The molecule has 9 heteroatoms. The Morgan fingerprint density at radius 3 is 2.59 bits per heavy atom. The number of nitrogens with one attached hydrogen (secondary N) is 3. The minimum absolute atomic E-state index is 0.0577. The van der Waals surface area contributed by atoms with Gasteiger partial charge in [-0.05, 0) is 64.9 Å². The molecule has 4 rings (SSSR count). The molecular formula is C25H22ClFIN5O. The summed E-state index contributed by atoms with van der Waals surface area (Å²) in [6, 6.07) is 20.8. The van der Waals surface area contributed by atoms with Crippen molar-refractivity contribution in [1.29, 1.82) is 0 Å². The lowest BCUT2D eigenvalue weighted by molar-refractivity contribution is 0.236. The minimum atomic E-state index is -0.497. The van der Waals surface area contributed by atoms with Crippen molar-refractivity contribution in [2.24, 2.45) is 0 Å². The van der Waals surface area contributed by atoms with E-state index < -0.39 is 12.1 Å². The van der Waals surface area contributed by atoms with Crippen molar-refractivity contribution >= 4 is 45.9 Å². The van der Waals surface area contributed by atoms with Crippen LogP contribution in [0.5, 0.6) is 0 Å². The molecule has 6 nitrogen and oxygen atoms in total. The number of hydrogen-bond acceptors (Lipinski definition) is 3. The molecule has 0 aliphatic heterocycles. The van der Waals surface area contributed by atoms with E-state index in [0.717, 1.165) is 14.7 Å². The van der Waals surface area contributed by atoms with Crippen LogP contribution in [-0.4, -0.2) is 16.0 Å². The molecule has 34 heavy (non-hydrogen) atoms. The lowest BCUT2D eigenvalue weighted by Crippen LogP contribution is -2.39. The van der Waals surface area contributed by atoms with Crippen LogP contribution >= 0.6 is 34.2 Å². The fourth-order valence-corrected chi connectivity index (χ4v) is 4.30. The first kappa shape index (κ1) is 24.0. The molecule has 1 atom stereocenters. The topological polar surface area (TPSA) is 95.8 Å². The molecule has 0 fully saturated rings. The fraction of sp³-hybridized carbons (Fsp3) is 0.120. The summed E-state index contributed by atoms with van der Waals surface area (Å²) in [6.07, 6.45) is 0.483.